The quantitative estimate of drug-likeness (QED) is 0.619. The van der Waals surface area contributed by atoms with Crippen LogP contribution in [0.5, 0.6) is 5.75 Å². The van der Waals surface area contributed by atoms with Crippen molar-refractivity contribution in [1.82, 2.24) is 5.43 Å². The van der Waals surface area contributed by atoms with Crippen molar-refractivity contribution in [3.05, 3.63) is 65.2 Å². The fourth-order valence-electron chi connectivity index (χ4n) is 2.30. The lowest BCUT2D eigenvalue weighted by Crippen LogP contribution is -2.24. The number of ether oxygens (including phenoxy) is 1. The van der Waals surface area contributed by atoms with Crippen molar-refractivity contribution in [3.63, 3.8) is 0 Å². The highest BCUT2D eigenvalue weighted by atomic mass is 16.5. The number of amides is 1. The molecule has 0 bridgehead atoms. The molecule has 1 unspecified atom stereocenters. The Morgan fingerprint density at radius 2 is 1.92 bits per heavy atom. The summed E-state index contributed by atoms with van der Waals surface area (Å²) in [7, 11) is 0. The van der Waals surface area contributed by atoms with Gasteiger partial charge in [0.2, 0.25) is 0 Å². The van der Waals surface area contributed by atoms with Gasteiger partial charge in [0.1, 0.15) is 5.75 Å². The van der Waals surface area contributed by atoms with Gasteiger partial charge in [0.25, 0.3) is 5.91 Å². The highest BCUT2D eigenvalue weighted by Crippen LogP contribution is 2.20. The van der Waals surface area contributed by atoms with E-state index in [9.17, 15) is 4.79 Å². The largest absolute Gasteiger partial charge is 0.483 e. The number of nitrogens with one attached hydrogen (secondary N) is 1. The number of hydrazone groups is 1. The number of hydrogen-bond donors (Lipinski definition) is 1. The number of nitrogens with zero attached hydrogens (tertiary/aromatic N) is 1. The Kier molecular flexibility index (Phi) is 6.55. The fourth-order valence-corrected chi connectivity index (χ4v) is 2.30. The lowest BCUT2D eigenvalue weighted by molar-refractivity contribution is -0.123. The Labute approximate surface area is 143 Å². The molecule has 4 heteroatoms. The predicted octanol–water partition coefficient (Wildman–Crippen LogP) is 3.98. The lowest BCUT2D eigenvalue weighted by atomic mass is 9.99. The van der Waals surface area contributed by atoms with Crippen molar-refractivity contribution >= 4 is 12.1 Å². The first-order chi connectivity index (χ1) is 11.6. The zero-order valence-electron chi connectivity index (χ0n) is 14.5. The van der Waals surface area contributed by atoms with Crippen LogP contribution in [0.2, 0.25) is 0 Å². The van der Waals surface area contributed by atoms with Crippen LogP contribution in [0.4, 0.5) is 0 Å². The summed E-state index contributed by atoms with van der Waals surface area (Å²) in [4.78, 5) is 11.8. The van der Waals surface area contributed by atoms with Crippen molar-refractivity contribution in [2.45, 2.75) is 33.1 Å². The predicted molar refractivity (Wildman–Crippen MR) is 97.5 cm³/mol. The number of carbonyl (C=O) groups excluding carboxylic acids is 1. The van der Waals surface area contributed by atoms with Crippen LogP contribution in [0.3, 0.4) is 0 Å². The van der Waals surface area contributed by atoms with Gasteiger partial charge in [-0.25, -0.2) is 5.43 Å². The molecule has 2 aromatic rings. The van der Waals surface area contributed by atoms with Gasteiger partial charge in [0.05, 0.1) is 0 Å². The summed E-state index contributed by atoms with van der Waals surface area (Å²) in [6, 6.07) is 16.0. The zero-order valence-corrected chi connectivity index (χ0v) is 14.5. The van der Waals surface area contributed by atoms with E-state index in [2.05, 4.69) is 29.6 Å². The Morgan fingerprint density at radius 3 is 2.67 bits per heavy atom. The molecule has 0 aliphatic heterocycles. The first-order valence-electron chi connectivity index (χ1n) is 8.12. The number of aryl methyl sites for hydroxylation is 1. The molecule has 0 spiro atoms. The van der Waals surface area contributed by atoms with Crippen LogP contribution >= 0.6 is 0 Å². The van der Waals surface area contributed by atoms with E-state index in [1.54, 1.807) is 6.21 Å². The first kappa shape index (κ1) is 17.7. The molecule has 2 rings (SSSR count). The normalized spacial score (nSPS) is 12.1. The highest BCUT2D eigenvalue weighted by Gasteiger charge is 2.06. The Morgan fingerprint density at radius 1 is 1.17 bits per heavy atom. The standard InChI is InChI=1S/C20H24N2O2/c1-15-8-7-11-19(17(15)3)24-14-20(23)22-21-13-12-16(2)18-9-5-4-6-10-18/h4-11,13,16H,12,14H2,1-3H3,(H,22,23). The third-order valence-corrected chi connectivity index (χ3v) is 4.02. The van der Waals surface area contributed by atoms with E-state index < -0.39 is 0 Å². The summed E-state index contributed by atoms with van der Waals surface area (Å²) in [6.07, 6.45) is 2.50. The third kappa shape index (κ3) is 5.23. The molecule has 126 valence electrons. The van der Waals surface area contributed by atoms with Gasteiger partial charge in [0.15, 0.2) is 6.61 Å². The van der Waals surface area contributed by atoms with E-state index in [0.29, 0.717) is 5.92 Å². The minimum Gasteiger partial charge on any atom is -0.483 e. The summed E-state index contributed by atoms with van der Waals surface area (Å²) in [5, 5.41) is 3.98. The van der Waals surface area contributed by atoms with Crippen molar-refractivity contribution in [2.75, 3.05) is 6.61 Å². The summed E-state index contributed by atoms with van der Waals surface area (Å²) < 4.78 is 5.54. The molecule has 1 N–H and O–H groups in total. The minimum absolute atomic E-state index is 0.0458. The van der Waals surface area contributed by atoms with Gasteiger partial charge >= 0.3 is 0 Å². The van der Waals surface area contributed by atoms with Gasteiger partial charge in [-0.05, 0) is 48.9 Å². The first-order valence-corrected chi connectivity index (χ1v) is 8.12. The zero-order chi connectivity index (χ0) is 17.4. The van der Waals surface area contributed by atoms with Crippen molar-refractivity contribution in [2.24, 2.45) is 5.10 Å². The smallest absolute Gasteiger partial charge is 0.277 e. The summed E-state index contributed by atoms with van der Waals surface area (Å²) in [5.41, 5.74) is 5.94. The Bertz CT molecular complexity index is 696. The molecular weight excluding hydrogens is 300 g/mol. The van der Waals surface area contributed by atoms with E-state index in [4.69, 9.17) is 4.74 Å². The van der Waals surface area contributed by atoms with Gasteiger partial charge in [0, 0.05) is 6.21 Å². The molecule has 2 aromatic carbocycles. The van der Waals surface area contributed by atoms with Gasteiger partial charge in [-0.3, -0.25) is 4.79 Å². The van der Waals surface area contributed by atoms with Gasteiger partial charge in [-0.2, -0.15) is 5.10 Å². The van der Waals surface area contributed by atoms with Crippen molar-refractivity contribution < 1.29 is 9.53 Å². The molecule has 0 aliphatic carbocycles. The maximum atomic E-state index is 11.8. The molecule has 0 fully saturated rings. The average molecular weight is 324 g/mol. The summed E-state index contributed by atoms with van der Waals surface area (Å²) >= 11 is 0. The lowest BCUT2D eigenvalue weighted by Gasteiger charge is -2.10. The highest BCUT2D eigenvalue weighted by molar-refractivity contribution is 5.78. The molecule has 0 heterocycles. The van der Waals surface area contributed by atoms with E-state index in [0.717, 1.165) is 23.3 Å². The molecule has 0 aliphatic rings. The second-order valence-electron chi connectivity index (χ2n) is 5.88. The van der Waals surface area contributed by atoms with E-state index >= 15 is 0 Å². The van der Waals surface area contributed by atoms with Crippen LogP contribution in [-0.2, 0) is 4.79 Å². The third-order valence-electron chi connectivity index (χ3n) is 4.02. The molecule has 4 nitrogen and oxygen atoms in total. The molecule has 0 radical (unpaired) electrons. The summed E-state index contributed by atoms with van der Waals surface area (Å²) in [5.74, 6) is 0.824. The second-order valence-corrected chi connectivity index (χ2v) is 5.88. The molecular formula is C20H24N2O2. The average Bonchev–Trinajstić information content (AvgIpc) is 2.60. The van der Waals surface area contributed by atoms with E-state index in [-0.39, 0.29) is 12.5 Å². The van der Waals surface area contributed by atoms with Gasteiger partial charge in [-0.15, -0.1) is 0 Å². The number of carbonyl (C=O) groups is 1. The van der Waals surface area contributed by atoms with Crippen LogP contribution in [0, 0.1) is 13.8 Å². The van der Waals surface area contributed by atoms with Crippen LogP contribution < -0.4 is 10.2 Å². The monoisotopic (exact) mass is 324 g/mol. The Hall–Kier alpha value is -2.62. The van der Waals surface area contributed by atoms with E-state index in [1.807, 2.05) is 50.2 Å². The van der Waals surface area contributed by atoms with Crippen LogP contribution in [0.15, 0.2) is 53.6 Å². The number of benzene rings is 2. The number of hydrogen-bond acceptors (Lipinski definition) is 3. The SMILES string of the molecule is Cc1cccc(OCC(=O)NN=CCC(C)c2ccccc2)c1C. The van der Waals surface area contributed by atoms with Crippen LogP contribution in [-0.4, -0.2) is 18.7 Å². The van der Waals surface area contributed by atoms with Crippen molar-refractivity contribution in [1.29, 1.82) is 0 Å². The molecule has 0 saturated heterocycles. The van der Waals surface area contributed by atoms with E-state index in [1.165, 1.54) is 5.56 Å². The van der Waals surface area contributed by atoms with Gasteiger partial charge < -0.3 is 4.74 Å². The molecule has 1 amide bonds. The summed E-state index contributed by atoms with van der Waals surface area (Å²) in [6.45, 7) is 6.08. The van der Waals surface area contributed by atoms with Crippen LogP contribution in [0.25, 0.3) is 0 Å². The molecule has 1 atom stereocenters. The molecule has 0 aromatic heterocycles. The van der Waals surface area contributed by atoms with Crippen molar-refractivity contribution in [3.8, 4) is 5.75 Å². The number of rotatable bonds is 7. The fraction of sp³-hybridized carbons (Fsp3) is 0.300. The maximum absolute atomic E-state index is 11.8. The molecule has 24 heavy (non-hydrogen) atoms. The second kappa shape index (κ2) is 8.87. The Balaban J connectivity index is 1.74. The van der Waals surface area contributed by atoms with Crippen LogP contribution in [0.1, 0.15) is 36.0 Å². The minimum atomic E-state index is -0.264. The topological polar surface area (TPSA) is 50.7 Å². The maximum Gasteiger partial charge on any atom is 0.277 e. The molecule has 0 saturated carbocycles. The van der Waals surface area contributed by atoms with Gasteiger partial charge in [-0.1, -0.05) is 49.4 Å².